The molecule has 3 N–H and O–H groups in total. The molecule has 0 aliphatic carbocycles. The van der Waals surface area contributed by atoms with Crippen molar-refractivity contribution in [3.05, 3.63) is 35.9 Å². The largest absolute Gasteiger partial charge is 0.409 e. The molecule has 0 bridgehead atoms. The lowest BCUT2D eigenvalue weighted by Crippen LogP contribution is -2.36. The summed E-state index contributed by atoms with van der Waals surface area (Å²) in [5.41, 5.74) is 6.35. The molecule has 0 atom stereocenters. The molecule has 0 fully saturated rings. The maximum Gasteiger partial charge on any atom is 0.214 e. The maximum atomic E-state index is 12.2. The van der Waals surface area contributed by atoms with Crippen LogP contribution in [0.3, 0.4) is 0 Å². The fraction of sp³-hybridized carbons (Fsp3) is 0.462. The number of hydrogen-bond acceptors (Lipinski definition) is 4. The van der Waals surface area contributed by atoms with Gasteiger partial charge in [0.05, 0.1) is 5.75 Å². The summed E-state index contributed by atoms with van der Waals surface area (Å²) in [7, 11) is -3.33. The molecule has 0 aromatic heterocycles. The zero-order valence-corrected chi connectivity index (χ0v) is 12.4. The number of oxime groups is 1. The molecule has 7 heteroatoms. The molecule has 1 aromatic carbocycles. The molecule has 0 unspecified atom stereocenters. The van der Waals surface area contributed by atoms with Crippen molar-refractivity contribution in [1.82, 2.24) is 4.31 Å². The Labute approximate surface area is 119 Å². The van der Waals surface area contributed by atoms with E-state index in [-0.39, 0.29) is 24.6 Å². The van der Waals surface area contributed by atoms with Crippen LogP contribution in [-0.2, 0) is 16.4 Å². The Morgan fingerprint density at radius 1 is 1.35 bits per heavy atom. The van der Waals surface area contributed by atoms with Crippen LogP contribution in [0.1, 0.15) is 18.9 Å². The highest BCUT2D eigenvalue weighted by Gasteiger charge is 2.20. The summed E-state index contributed by atoms with van der Waals surface area (Å²) in [6.45, 7) is 2.37. The van der Waals surface area contributed by atoms with Gasteiger partial charge in [-0.2, -0.15) is 0 Å². The van der Waals surface area contributed by atoms with E-state index in [0.29, 0.717) is 13.0 Å². The Kier molecular flexibility index (Phi) is 6.47. The van der Waals surface area contributed by atoms with Crippen LogP contribution >= 0.6 is 0 Å². The highest BCUT2D eigenvalue weighted by molar-refractivity contribution is 7.89. The van der Waals surface area contributed by atoms with Crippen molar-refractivity contribution in [2.24, 2.45) is 10.9 Å². The van der Waals surface area contributed by atoms with E-state index in [1.165, 1.54) is 4.31 Å². The van der Waals surface area contributed by atoms with E-state index in [9.17, 15) is 8.42 Å². The number of nitrogens with two attached hydrogens (primary N) is 1. The second-order valence-electron chi connectivity index (χ2n) is 4.38. The van der Waals surface area contributed by atoms with Crippen molar-refractivity contribution >= 4 is 15.9 Å². The lowest BCUT2D eigenvalue weighted by Gasteiger charge is -2.20. The molecular weight excluding hydrogens is 278 g/mol. The van der Waals surface area contributed by atoms with Crippen molar-refractivity contribution in [3.8, 4) is 0 Å². The molecule has 1 rings (SSSR count). The van der Waals surface area contributed by atoms with Gasteiger partial charge in [0.25, 0.3) is 0 Å². The summed E-state index contributed by atoms with van der Waals surface area (Å²) in [6.07, 6.45) is 0.693. The van der Waals surface area contributed by atoms with Crippen LogP contribution in [0.25, 0.3) is 0 Å². The first-order chi connectivity index (χ1) is 9.49. The van der Waals surface area contributed by atoms with E-state index in [4.69, 9.17) is 10.9 Å². The van der Waals surface area contributed by atoms with Gasteiger partial charge in [0.15, 0.2) is 0 Å². The van der Waals surface area contributed by atoms with Gasteiger partial charge in [-0.05, 0) is 12.0 Å². The Morgan fingerprint density at radius 3 is 2.55 bits per heavy atom. The van der Waals surface area contributed by atoms with Crippen LogP contribution in [-0.4, -0.2) is 42.6 Å². The quantitative estimate of drug-likeness (QED) is 0.324. The van der Waals surface area contributed by atoms with Crippen LogP contribution in [0.4, 0.5) is 0 Å². The van der Waals surface area contributed by atoms with E-state index >= 15 is 0 Å². The Hall–Kier alpha value is -1.60. The topological polar surface area (TPSA) is 96.0 Å². The van der Waals surface area contributed by atoms with Gasteiger partial charge in [-0.15, -0.1) is 0 Å². The van der Waals surface area contributed by atoms with Gasteiger partial charge in [0.1, 0.15) is 5.84 Å². The van der Waals surface area contributed by atoms with Crippen molar-refractivity contribution in [3.63, 3.8) is 0 Å². The standard InChI is InChI=1S/C13H21N3O3S/c1-2-16(10-8-13(14)15-17)20(18,19)11-9-12-6-4-3-5-7-12/h3-7,17H,2,8-11H2,1H3,(H2,14,15). The number of hydrogen-bond donors (Lipinski definition) is 2. The molecular formula is C13H21N3O3S. The molecule has 6 nitrogen and oxygen atoms in total. The third-order valence-electron chi connectivity index (χ3n) is 2.98. The van der Waals surface area contributed by atoms with Crippen LogP contribution in [0, 0.1) is 0 Å². The maximum absolute atomic E-state index is 12.2. The van der Waals surface area contributed by atoms with Crippen LogP contribution in [0.2, 0.25) is 0 Å². The average molecular weight is 299 g/mol. The second kappa shape index (κ2) is 7.86. The molecule has 0 saturated carbocycles. The van der Waals surface area contributed by atoms with Crippen molar-refractivity contribution < 1.29 is 13.6 Å². The first kappa shape index (κ1) is 16.5. The fourth-order valence-corrected chi connectivity index (χ4v) is 3.32. The molecule has 0 aliphatic rings. The van der Waals surface area contributed by atoms with Crippen molar-refractivity contribution in [1.29, 1.82) is 0 Å². The third-order valence-corrected chi connectivity index (χ3v) is 4.93. The van der Waals surface area contributed by atoms with E-state index in [0.717, 1.165) is 5.56 Å². The SMILES string of the molecule is CCN(CC/C(N)=N/O)S(=O)(=O)CCc1ccccc1. The van der Waals surface area contributed by atoms with Crippen LogP contribution < -0.4 is 5.73 Å². The second-order valence-corrected chi connectivity index (χ2v) is 6.47. The molecule has 0 spiro atoms. The molecule has 112 valence electrons. The lowest BCUT2D eigenvalue weighted by molar-refractivity contribution is 0.315. The third kappa shape index (κ3) is 5.18. The minimum atomic E-state index is -3.33. The summed E-state index contributed by atoms with van der Waals surface area (Å²) in [6, 6.07) is 9.48. The average Bonchev–Trinajstić information content (AvgIpc) is 2.46. The fourth-order valence-electron chi connectivity index (χ4n) is 1.80. The Morgan fingerprint density at radius 2 is 2.00 bits per heavy atom. The molecule has 0 radical (unpaired) electrons. The molecule has 0 heterocycles. The van der Waals surface area contributed by atoms with Gasteiger partial charge in [-0.3, -0.25) is 0 Å². The number of amidine groups is 1. The highest BCUT2D eigenvalue weighted by atomic mass is 32.2. The van der Waals surface area contributed by atoms with Crippen LogP contribution in [0.5, 0.6) is 0 Å². The van der Waals surface area contributed by atoms with E-state index < -0.39 is 10.0 Å². The summed E-state index contributed by atoms with van der Waals surface area (Å²) in [5.74, 6) is 0.0859. The van der Waals surface area contributed by atoms with Gasteiger partial charge in [-0.1, -0.05) is 42.4 Å². The Bertz CT molecular complexity index is 529. The van der Waals surface area contributed by atoms with E-state index in [2.05, 4.69) is 5.16 Å². The predicted molar refractivity (Wildman–Crippen MR) is 79.2 cm³/mol. The summed E-state index contributed by atoms with van der Waals surface area (Å²) < 4.78 is 25.8. The smallest absolute Gasteiger partial charge is 0.214 e. The van der Waals surface area contributed by atoms with Crippen LogP contribution in [0.15, 0.2) is 35.5 Å². The number of nitrogens with zero attached hydrogens (tertiary/aromatic N) is 2. The number of rotatable bonds is 8. The predicted octanol–water partition coefficient (Wildman–Crippen LogP) is 1.02. The molecule has 20 heavy (non-hydrogen) atoms. The van der Waals surface area contributed by atoms with E-state index in [1.807, 2.05) is 30.3 Å². The Balaban J connectivity index is 2.60. The molecule has 0 amide bonds. The summed E-state index contributed by atoms with van der Waals surface area (Å²) in [5, 5.41) is 11.3. The first-order valence-electron chi connectivity index (χ1n) is 6.47. The van der Waals surface area contributed by atoms with Gasteiger partial charge in [0.2, 0.25) is 10.0 Å². The van der Waals surface area contributed by atoms with Gasteiger partial charge >= 0.3 is 0 Å². The number of sulfonamides is 1. The van der Waals surface area contributed by atoms with Gasteiger partial charge < -0.3 is 10.9 Å². The molecule has 0 aliphatic heterocycles. The van der Waals surface area contributed by atoms with Gasteiger partial charge in [-0.25, -0.2) is 12.7 Å². The highest BCUT2D eigenvalue weighted by Crippen LogP contribution is 2.07. The van der Waals surface area contributed by atoms with Crippen molar-refractivity contribution in [2.75, 3.05) is 18.8 Å². The normalized spacial score (nSPS) is 12.8. The summed E-state index contributed by atoms with van der Waals surface area (Å²) in [4.78, 5) is 0. The first-order valence-corrected chi connectivity index (χ1v) is 8.08. The summed E-state index contributed by atoms with van der Waals surface area (Å²) >= 11 is 0. The van der Waals surface area contributed by atoms with Crippen molar-refractivity contribution in [2.45, 2.75) is 19.8 Å². The minimum Gasteiger partial charge on any atom is -0.409 e. The van der Waals surface area contributed by atoms with E-state index in [1.54, 1.807) is 6.92 Å². The minimum absolute atomic E-state index is 0.0294. The molecule has 0 saturated heterocycles. The monoisotopic (exact) mass is 299 g/mol. The van der Waals surface area contributed by atoms with Gasteiger partial charge in [0, 0.05) is 19.5 Å². The number of benzene rings is 1. The lowest BCUT2D eigenvalue weighted by atomic mass is 10.2. The zero-order valence-electron chi connectivity index (χ0n) is 11.6. The zero-order chi connectivity index (χ0) is 15.0. The number of aryl methyl sites for hydroxylation is 1. The molecule has 1 aromatic rings.